The summed E-state index contributed by atoms with van der Waals surface area (Å²) in [5, 5.41) is 4.77. The maximum Gasteiger partial charge on any atom is 0.264 e. The van der Waals surface area contributed by atoms with Crippen LogP contribution in [0.5, 0.6) is 0 Å². The van der Waals surface area contributed by atoms with E-state index in [4.69, 9.17) is 0 Å². The number of aromatic nitrogens is 4. The third kappa shape index (κ3) is 3.37. The molecule has 2 aromatic heterocycles. The van der Waals surface area contributed by atoms with Gasteiger partial charge in [-0.05, 0) is 38.3 Å². The van der Waals surface area contributed by atoms with Crippen LogP contribution in [0.1, 0.15) is 32.6 Å². The summed E-state index contributed by atoms with van der Waals surface area (Å²) >= 11 is 0. The Kier molecular flexibility index (Phi) is 4.75. The van der Waals surface area contributed by atoms with Crippen molar-refractivity contribution in [2.24, 2.45) is 0 Å². The minimum absolute atomic E-state index is 0.106. The van der Waals surface area contributed by atoms with E-state index in [-0.39, 0.29) is 17.5 Å². The minimum Gasteiger partial charge on any atom is -0.340 e. The van der Waals surface area contributed by atoms with Crippen molar-refractivity contribution < 1.29 is 4.79 Å². The van der Waals surface area contributed by atoms with Crippen LogP contribution in [0.25, 0.3) is 16.7 Å². The number of nitrogens with zero attached hydrogens (tertiary/aromatic N) is 5. The molecule has 1 amide bonds. The molecule has 1 unspecified atom stereocenters. The largest absolute Gasteiger partial charge is 0.340 e. The fraction of sp³-hybridized carbons (Fsp3) is 0.400. The molecule has 7 nitrogen and oxygen atoms in total. The van der Waals surface area contributed by atoms with Crippen LogP contribution in [-0.2, 0) is 11.3 Å². The molecule has 1 atom stereocenters. The van der Waals surface area contributed by atoms with E-state index in [0.29, 0.717) is 24.0 Å². The quantitative estimate of drug-likeness (QED) is 0.711. The number of benzene rings is 1. The Bertz CT molecular complexity index is 1010. The lowest BCUT2D eigenvalue weighted by molar-refractivity contribution is -0.134. The van der Waals surface area contributed by atoms with E-state index in [9.17, 15) is 9.59 Å². The summed E-state index contributed by atoms with van der Waals surface area (Å²) < 4.78 is 3.16. The van der Waals surface area contributed by atoms with Gasteiger partial charge in [0.1, 0.15) is 5.39 Å². The van der Waals surface area contributed by atoms with Crippen LogP contribution >= 0.6 is 0 Å². The molecule has 0 N–H and O–H groups in total. The zero-order chi connectivity index (χ0) is 18.8. The number of piperidine rings is 1. The van der Waals surface area contributed by atoms with E-state index in [0.717, 1.165) is 25.1 Å². The Balaban J connectivity index is 1.54. The van der Waals surface area contributed by atoms with Gasteiger partial charge in [-0.2, -0.15) is 5.10 Å². The van der Waals surface area contributed by atoms with Crippen molar-refractivity contribution in [2.45, 2.75) is 45.2 Å². The first kappa shape index (κ1) is 17.5. The van der Waals surface area contributed by atoms with Crippen molar-refractivity contribution in [3.05, 3.63) is 53.2 Å². The molecule has 1 saturated heterocycles. The molecular weight excluding hydrogens is 342 g/mol. The van der Waals surface area contributed by atoms with Crippen LogP contribution in [0.15, 0.2) is 47.7 Å². The van der Waals surface area contributed by atoms with Crippen LogP contribution in [0.4, 0.5) is 0 Å². The Labute approximate surface area is 157 Å². The summed E-state index contributed by atoms with van der Waals surface area (Å²) in [5.41, 5.74) is 1.21. The van der Waals surface area contributed by atoms with Gasteiger partial charge < -0.3 is 4.90 Å². The lowest BCUT2D eigenvalue weighted by Gasteiger charge is -2.33. The molecule has 3 heterocycles. The number of fused-ring (bicyclic) bond motifs is 1. The monoisotopic (exact) mass is 365 g/mol. The van der Waals surface area contributed by atoms with E-state index in [1.54, 1.807) is 10.9 Å². The molecule has 1 aliphatic rings. The Hall–Kier alpha value is -2.96. The number of carbonyl (C=O) groups is 1. The molecule has 0 spiro atoms. The number of aryl methyl sites for hydroxylation is 1. The number of likely N-dealkylation sites (tertiary alicyclic amines) is 1. The summed E-state index contributed by atoms with van der Waals surface area (Å²) in [6.45, 7) is 3.24. The average molecular weight is 365 g/mol. The molecule has 140 valence electrons. The number of hydrogen-bond donors (Lipinski definition) is 0. The van der Waals surface area contributed by atoms with Gasteiger partial charge in [-0.25, -0.2) is 9.67 Å². The summed E-state index contributed by atoms with van der Waals surface area (Å²) in [5.74, 6) is 0.106. The number of para-hydroxylation sites is 1. The Morgan fingerprint density at radius 1 is 1.22 bits per heavy atom. The van der Waals surface area contributed by atoms with Gasteiger partial charge in [0.25, 0.3) is 5.56 Å². The Morgan fingerprint density at radius 2 is 2.04 bits per heavy atom. The van der Waals surface area contributed by atoms with Crippen LogP contribution in [0, 0.1) is 0 Å². The van der Waals surface area contributed by atoms with Crippen molar-refractivity contribution in [3.63, 3.8) is 0 Å². The molecule has 3 aromatic rings. The summed E-state index contributed by atoms with van der Waals surface area (Å²) in [4.78, 5) is 31.7. The highest BCUT2D eigenvalue weighted by Gasteiger charge is 2.23. The molecule has 0 saturated carbocycles. The van der Waals surface area contributed by atoms with E-state index in [1.807, 2.05) is 35.2 Å². The van der Waals surface area contributed by atoms with Gasteiger partial charge in [-0.1, -0.05) is 18.2 Å². The highest BCUT2D eigenvalue weighted by molar-refractivity contribution is 5.77. The van der Waals surface area contributed by atoms with Gasteiger partial charge in [0.05, 0.1) is 18.2 Å². The second-order valence-electron chi connectivity index (χ2n) is 7.05. The maximum absolute atomic E-state index is 12.8. The smallest absolute Gasteiger partial charge is 0.264 e. The van der Waals surface area contributed by atoms with Gasteiger partial charge >= 0.3 is 0 Å². The first-order valence-corrected chi connectivity index (χ1v) is 9.43. The number of carbonyl (C=O) groups excluding carboxylic acids is 1. The zero-order valence-electron chi connectivity index (χ0n) is 15.4. The van der Waals surface area contributed by atoms with E-state index in [2.05, 4.69) is 17.0 Å². The number of amides is 1. The van der Waals surface area contributed by atoms with Gasteiger partial charge in [0, 0.05) is 25.6 Å². The third-order valence-electron chi connectivity index (χ3n) is 5.25. The number of hydrogen-bond acceptors (Lipinski definition) is 4. The SMILES string of the molecule is CC1CCCCN1C(=O)CCn1cnc2c(cnn2-c2ccccc2)c1=O. The summed E-state index contributed by atoms with van der Waals surface area (Å²) in [7, 11) is 0. The first-order chi connectivity index (χ1) is 13.1. The molecule has 0 bridgehead atoms. The van der Waals surface area contributed by atoms with Crippen molar-refractivity contribution >= 4 is 16.9 Å². The topological polar surface area (TPSA) is 73.0 Å². The van der Waals surface area contributed by atoms with Crippen LogP contribution in [-0.4, -0.2) is 42.7 Å². The van der Waals surface area contributed by atoms with Gasteiger partial charge in [0.2, 0.25) is 5.91 Å². The predicted molar refractivity (Wildman–Crippen MR) is 103 cm³/mol. The molecule has 0 aliphatic carbocycles. The van der Waals surface area contributed by atoms with Crippen molar-refractivity contribution in [1.82, 2.24) is 24.2 Å². The van der Waals surface area contributed by atoms with E-state index >= 15 is 0 Å². The van der Waals surface area contributed by atoms with Crippen LogP contribution in [0.2, 0.25) is 0 Å². The highest BCUT2D eigenvalue weighted by Crippen LogP contribution is 2.17. The van der Waals surface area contributed by atoms with Crippen molar-refractivity contribution in [2.75, 3.05) is 6.54 Å². The van der Waals surface area contributed by atoms with Crippen LogP contribution in [0.3, 0.4) is 0 Å². The third-order valence-corrected chi connectivity index (χ3v) is 5.25. The normalized spacial score (nSPS) is 17.4. The fourth-order valence-electron chi connectivity index (χ4n) is 3.69. The summed E-state index contributed by atoms with van der Waals surface area (Å²) in [6.07, 6.45) is 6.65. The molecule has 1 aliphatic heterocycles. The average Bonchev–Trinajstić information content (AvgIpc) is 3.13. The summed E-state index contributed by atoms with van der Waals surface area (Å²) in [6, 6.07) is 9.87. The van der Waals surface area contributed by atoms with E-state index in [1.165, 1.54) is 17.3 Å². The molecule has 1 aromatic carbocycles. The predicted octanol–water partition coefficient (Wildman–Crippen LogP) is 2.37. The standard InChI is InChI=1S/C20H23N5O2/c1-15-7-5-6-11-24(15)18(26)10-12-23-14-21-19-17(20(23)27)13-22-25(19)16-8-3-2-4-9-16/h2-4,8-9,13-15H,5-7,10-12H2,1H3. The minimum atomic E-state index is -0.165. The van der Waals surface area contributed by atoms with Crippen molar-refractivity contribution in [1.29, 1.82) is 0 Å². The molecule has 7 heteroatoms. The second-order valence-corrected chi connectivity index (χ2v) is 7.05. The van der Waals surface area contributed by atoms with Gasteiger partial charge in [-0.3, -0.25) is 14.2 Å². The number of rotatable bonds is 4. The molecule has 4 rings (SSSR count). The lowest BCUT2D eigenvalue weighted by atomic mass is 10.0. The lowest BCUT2D eigenvalue weighted by Crippen LogP contribution is -2.42. The second kappa shape index (κ2) is 7.34. The first-order valence-electron chi connectivity index (χ1n) is 9.43. The molecule has 27 heavy (non-hydrogen) atoms. The molecular formula is C20H23N5O2. The zero-order valence-corrected chi connectivity index (χ0v) is 15.4. The van der Waals surface area contributed by atoms with Gasteiger partial charge in [0.15, 0.2) is 5.65 Å². The van der Waals surface area contributed by atoms with Gasteiger partial charge in [-0.15, -0.1) is 0 Å². The fourth-order valence-corrected chi connectivity index (χ4v) is 3.69. The Morgan fingerprint density at radius 3 is 2.81 bits per heavy atom. The highest BCUT2D eigenvalue weighted by atomic mass is 16.2. The van der Waals surface area contributed by atoms with E-state index < -0.39 is 0 Å². The van der Waals surface area contributed by atoms with Crippen molar-refractivity contribution in [3.8, 4) is 5.69 Å². The molecule has 1 fully saturated rings. The maximum atomic E-state index is 12.8. The van der Waals surface area contributed by atoms with Crippen LogP contribution < -0.4 is 5.56 Å². The molecule has 0 radical (unpaired) electrons.